The lowest BCUT2D eigenvalue weighted by Gasteiger charge is -2.33. The largest absolute Gasteiger partial charge is 0.357 e. The Morgan fingerprint density at radius 3 is 2.75 bits per heavy atom. The van der Waals surface area contributed by atoms with Crippen molar-refractivity contribution in [2.45, 2.75) is 26.7 Å². The highest BCUT2D eigenvalue weighted by Crippen LogP contribution is 2.24. The van der Waals surface area contributed by atoms with Crippen LogP contribution >= 0.6 is 0 Å². The molecule has 2 rings (SSSR count). The van der Waals surface area contributed by atoms with Gasteiger partial charge >= 0.3 is 0 Å². The summed E-state index contributed by atoms with van der Waals surface area (Å²) in [5, 5.41) is 5.89. The van der Waals surface area contributed by atoms with Crippen LogP contribution in [-0.4, -0.2) is 42.6 Å². The van der Waals surface area contributed by atoms with Gasteiger partial charge in [0, 0.05) is 45.4 Å². The number of carbonyl (C=O) groups is 1. The van der Waals surface area contributed by atoms with Crippen molar-refractivity contribution in [3.63, 3.8) is 0 Å². The first-order chi connectivity index (χ1) is 9.60. The Morgan fingerprint density at radius 1 is 1.45 bits per heavy atom. The number of aryl methyl sites for hydroxylation is 1. The molecule has 1 fully saturated rings. The fraction of sp³-hybridized carbons (Fsp3) is 0.643. The summed E-state index contributed by atoms with van der Waals surface area (Å²) in [7, 11) is 1.83. The zero-order valence-corrected chi connectivity index (χ0v) is 12.4. The van der Waals surface area contributed by atoms with Crippen molar-refractivity contribution in [3.05, 3.63) is 11.8 Å². The van der Waals surface area contributed by atoms with E-state index < -0.39 is 0 Å². The SMILES string of the molecule is CNc1ncc(C)c(N2CCC(CNC(C)=O)CC2)n1. The van der Waals surface area contributed by atoms with Gasteiger partial charge in [-0.1, -0.05) is 0 Å². The molecule has 1 aliphatic rings. The van der Waals surface area contributed by atoms with Crippen molar-refractivity contribution in [2.75, 3.05) is 36.9 Å². The van der Waals surface area contributed by atoms with E-state index in [9.17, 15) is 4.79 Å². The molecule has 1 aliphatic heterocycles. The predicted molar refractivity (Wildman–Crippen MR) is 79.9 cm³/mol. The minimum Gasteiger partial charge on any atom is -0.357 e. The highest BCUT2D eigenvalue weighted by Gasteiger charge is 2.21. The van der Waals surface area contributed by atoms with Gasteiger partial charge < -0.3 is 15.5 Å². The molecule has 0 radical (unpaired) electrons. The lowest BCUT2D eigenvalue weighted by Crippen LogP contribution is -2.39. The Balaban J connectivity index is 1.95. The highest BCUT2D eigenvalue weighted by molar-refractivity contribution is 5.72. The minimum atomic E-state index is 0.0535. The van der Waals surface area contributed by atoms with E-state index in [1.807, 2.05) is 20.2 Å². The second-order valence-electron chi connectivity index (χ2n) is 5.32. The van der Waals surface area contributed by atoms with E-state index in [1.165, 1.54) is 0 Å². The van der Waals surface area contributed by atoms with Crippen LogP contribution in [0.4, 0.5) is 11.8 Å². The van der Waals surface area contributed by atoms with Crippen LogP contribution < -0.4 is 15.5 Å². The number of hydrogen-bond donors (Lipinski definition) is 2. The van der Waals surface area contributed by atoms with Gasteiger partial charge in [-0.3, -0.25) is 4.79 Å². The van der Waals surface area contributed by atoms with Gasteiger partial charge in [0.1, 0.15) is 5.82 Å². The van der Waals surface area contributed by atoms with Gasteiger partial charge in [0.25, 0.3) is 0 Å². The first kappa shape index (κ1) is 14.6. The molecule has 0 saturated carbocycles. The third-order valence-corrected chi connectivity index (χ3v) is 3.72. The zero-order valence-electron chi connectivity index (χ0n) is 12.4. The van der Waals surface area contributed by atoms with Crippen LogP contribution in [0.15, 0.2) is 6.20 Å². The topological polar surface area (TPSA) is 70.2 Å². The summed E-state index contributed by atoms with van der Waals surface area (Å²) in [5.74, 6) is 2.30. The lowest BCUT2D eigenvalue weighted by atomic mass is 9.96. The predicted octanol–water partition coefficient (Wildman–Crippen LogP) is 1.18. The van der Waals surface area contributed by atoms with Crippen LogP contribution in [0.1, 0.15) is 25.3 Å². The third kappa shape index (κ3) is 3.59. The molecule has 110 valence electrons. The van der Waals surface area contributed by atoms with Gasteiger partial charge in [0.2, 0.25) is 11.9 Å². The molecule has 0 aromatic carbocycles. The summed E-state index contributed by atoms with van der Waals surface area (Å²) in [5.41, 5.74) is 1.10. The van der Waals surface area contributed by atoms with Gasteiger partial charge in [0.15, 0.2) is 0 Å². The number of hydrogen-bond acceptors (Lipinski definition) is 5. The average Bonchev–Trinajstić information content (AvgIpc) is 2.46. The van der Waals surface area contributed by atoms with Crippen LogP contribution in [0.3, 0.4) is 0 Å². The summed E-state index contributed by atoms with van der Waals surface area (Å²) < 4.78 is 0. The van der Waals surface area contributed by atoms with Gasteiger partial charge in [-0.25, -0.2) is 4.98 Å². The maximum atomic E-state index is 10.9. The molecule has 0 aliphatic carbocycles. The number of piperidine rings is 1. The van der Waals surface area contributed by atoms with E-state index >= 15 is 0 Å². The summed E-state index contributed by atoms with van der Waals surface area (Å²) in [6, 6.07) is 0. The Kier molecular flexibility index (Phi) is 4.76. The summed E-state index contributed by atoms with van der Waals surface area (Å²) in [6.45, 7) is 6.35. The van der Waals surface area contributed by atoms with Gasteiger partial charge in [-0.2, -0.15) is 4.98 Å². The van der Waals surface area contributed by atoms with Crippen molar-refractivity contribution in [2.24, 2.45) is 5.92 Å². The van der Waals surface area contributed by atoms with Crippen molar-refractivity contribution < 1.29 is 4.79 Å². The number of nitrogens with zero attached hydrogens (tertiary/aromatic N) is 3. The lowest BCUT2D eigenvalue weighted by molar-refractivity contribution is -0.119. The van der Waals surface area contributed by atoms with Crippen molar-refractivity contribution in [3.8, 4) is 0 Å². The maximum Gasteiger partial charge on any atom is 0.224 e. The fourth-order valence-corrected chi connectivity index (χ4v) is 2.51. The first-order valence-electron chi connectivity index (χ1n) is 7.11. The van der Waals surface area contributed by atoms with E-state index in [0.29, 0.717) is 11.9 Å². The minimum absolute atomic E-state index is 0.0535. The molecular formula is C14H23N5O. The Hall–Kier alpha value is -1.85. The summed E-state index contributed by atoms with van der Waals surface area (Å²) >= 11 is 0. The van der Waals surface area contributed by atoms with Crippen LogP contribution in [-0.2, 0) is 4.79 Å². The number of nitrogens with one attached hydrogen (secondary N) is 2. The maximum absolute atomic E-state index is 10.9. The van der Waals surface area contributed by atoms with Gasteiger partial charge in [0.05, 0.1) is 0 Å². The molecule has 2 heterocycles. The van der Waals surface area contributed by atoms with E-state index in [-0.39, 0.29) is 5.91 Å². The average molecular weight is 277 g/mol. The second-order valence-corrected chi connectivity index (χ2v) is 5.32. The number of amides is 1. The van der Waals surface area contributed by atoms with Crippen LogP contribution in [0.2, 0.25) is 0 Å². The standard InChI is InChI=1S/C14H23N5O/c1-10-8-17-14(15-3)18-13(10)19-6-4-12(5-7-19)9-16-11(2)20/h8,12H,4-7,9H2,1-3H3,(H,16,20)(H,15,17,18). The summed E-state index contributed by atoms with van der Waals surface area (Å²) in [6.07, 6.45) is 4.02. The van der Waals surface area contributed by atoms with Crippen LogP contribution in [0, 0.1) is 12.8 Å². The molecule has 20 heavy (non-hydrogen) atoms. The zero-order chi connectivity index (χ0) is 14.5. The first-order valence-corrected chi connectivity index (χ1v) is 7.11. The summed E-state index contributed by atoms with van der Waals surface area (Å²) in [4.78, 5) is 22.0. The molecule has 0 unspecified atom stereocenters. The van der Waals surface area contributed by atoms with Crippen molar-refractivity contribution in [1.82, 2.24) is 15.3 Å². The fourth-order valence-electron chi connectivity index (χ4n) is 2.51. The smallest absolute Gasteiger partial charge is 0.224 e. The van der Waals surface area contributed by atoms with Crippen LogP contribution in [0.5, 0.6) is 0 Å². The van der Waals surface area contributed by atoms with E-state index in [4.69, 9.17) is 0 Å². The quantitative estimate of drug-likeness (QED) is 0.865. The molecule has 1 amide bonds. The van der Waals surface area contributed by atoms with Crippen molar-refractivity contribution in [1.29, 1.82) is 0 Å². The highest BCUT2D eigenvalue weighted by atomic mass is 16.1. The van der Waals surface area contributed by atoms with Gasteiger partial charge in [-0.15, -0.1) is 0 Å². The Morgan fingerprint density at radius 2 is 2.15 bits per heavy atom. The molecule has 1 saturated heterocycles. The van der Waals surface area contributed by atoms with E-state index in [2.05, 4.69) is 25.5 Å². The monoisotopic (exact) mass is 277 g/mol. The number of anilines is 2. The molecule has 0 bridgehead atoms. The molecule has 1 aromatic heterocycles. The molecule has 6 heteroatoms. The Bertz CT molecular complexity index is 469. The Labute approximate surface area is 120 Å². The molecule has 2 N–H and O–H groups in total. The number of aromatic nitrogens is 2. The van der Waals surface area contributed by atoms with Gasteiger partial charge in [-0.05, 0) is 25.7 Å². The molecule has 0 atom stereocenters. The number of carbonyl (C=O) groups excluding carboxylic acids is 1. The normalized spacial score (nSPS) is 16.1. The molecular weight excluding hydrogens is 254 g/mol. The number of rotatable bonds is 4. The molecule has 1 aromatic rings. The van der Waals surface area contributed by atoms with E-state index in [0.717, 1.165) is 43.9 Å². The van der Waals surface area contributed by atoms with E-state index in [1.54, 1.807) is 6.92 Å². The second kappa shape index (κ2) is 6.54. The molecule has 6 nitrogen and oxygen atoms in total. The van der Waals surface area contributed by atoms with Crippen LogP contribution in [0.25, 0.3) is 0 Å². The third-order valence-electron chi connectivity index (χ3n) is 3.72. The molecule has 0 spiro atoms. The van der Waals surface area contributed by atoms with Crippen molar-refractivity contribution >= 4 is 17.7 Å².